The van der Waals surface area contributed by atoms with Crippen LogP contribution in [0.15, 0.2) is 11.0 Å². The van der Waals surface area contributed by atoms with Crippen molar-refractivity contribution >= 4 is 22.6 Å². The third-order valence-corrected chi connectivity index (χ3v) is 3.54. The van der Waals surface area contributed by atoms with Gasteiger partial charge in [-0.2, -0.15) is 4.98 Å². The van der Waals surface area contributed by atoms with Crippen molar-refractivity contribution in [2.75, 3.05) is 6.61 Å². The minimum absolute atomic E-state index is 0.0863. The van der Waals surface area contributed by atoms with Gasteiger partial charge in [-0.25, -0.2) is 0 Å². The summed E-state index contributed by atoms with van der Waals surface area (Å²) in [6.45, 7) is -0.0863. The molecule has 1 N–H and O–H groups in total. The summed E-state index contributed by atoms with van der Waals surface area (Å²) >= 11 is 1.93. The molecule has 0 aliphatic carbocycles. The SMILES string of the molecule is O=c1nc2n(cc1I)[C@H]1CC(O2)[C@@H](CO)O1. The molecule has 1 aromatic rings. The lowest BCUT2D eigenvalue weighted by Crippen LogP contribution is -2.33. The van der Waals surface area contributed by atoms with Crippen LogP contribution in [-0.4, -0.2) is 33.5 Å². The van der Waals surface area contributed by atoms with E-state index >= 15 is 0 Å². The minimum atomic E-state index is -0.334. The summed E-state index contributed by atoms with van der Waals surface area (Å²) in [4.78, 5) is 15.2. The van der Waals surface area contributed by atoms with Gasteiger partial charge < -0.3 is 14.6 Å². The van der Waals surface area contributed by atoms with E-state index in [1.165, 1.54) is 0 Å². The molecule has 0 amide bonds. The van der Waals surface area contributed by atoms with E-state index in [2.05, 4.69) is 4.98 Å². The van der Waals surface area contributed by atoms with Gasteiger partial charge in [-0.05, 0) is 22.6 Å². The molecule has 3 rings (SSSR count). The second-order valence-corrected chi connectivity index (χ2v) is 4.95. The average Bonchev–Trinajstić information content (AvgIpc) is 2.60. The monoisotopic (exact) mass is 336 g/mol. The van der Waals surface area contributed by atoms with Gasteiger partial charge in [-0.15, -0.1) is 0 Å². The molecule has 6 nitrogen and oxygen atoms in total. The van der Waals surface area contributed by atoms with Crippen molar-refractivity contribution in [1.29, 1.82) is 0 Å². The molecule has 2 aliphatic rings. The standard InChI is InChI=1S/C9H9IN2O4/c10-4-2-12-7-1-5(6(3-13)15-7)16-9(12)11-8(4)14/h2,5-7,13H,1,3H2/t5?,6-,7-/m1/s1. The average molecular weight is 336 g/mol. The fourth-order valence-corrected chi connectivity index (χ4v) is 2.44. The molecular weight excluding hydrogens is 327 g/mol. The molecule has 1 saturated heterocycles. The van der Waals surface area contributed by atoms with Gasteiger partial charge in [0.15, 0.2) is 0 Å². The summed E-state index contributed by atoms with van der Waals surface area (Å²) in [5.41, 5.74) is -0.298. The molecule has 86 valence electrons. The number of hydrogen-bond acceptors (Lipinski definition) is 5. The predicted molar refractivity (Wildman–Crippen MR) is 61.2 cm³/mol. The second-order valence-electron chi connectivity index (χ2n) is 3.79. The Balaban J connectivity index is 2.06. The predicted octanol–water partition coefficient (Wildman–Crippen LogP) is -0.111. The fourth-order valence-electron chi connectivity index (χ4n) is 2.02. The van der Waals surface area contributed by atoms with Crippen molar-refractivity contribution in [1.82, 2.24) is 9.55 Å². The largest absolute Gasteiger partial charge is 0.458 e. The molecule has 0 aromatic carbocycles. The maximum absolute atomic E-state index is 11.4. The van der Waals surface area contributed by atoms with Gasteiger partial charge in [0.1, 0.15) is 18.4 Å². The van der Waals surface area contributed by atoms with Crippen molar-refractivity contribution < 1.29 is 14.6 Å². The van der Waals surface area contributed by atoms with Crippen molar-refractivity contribution in [2.24, 2.45) is 0 Å². The molecule has 0 radical (unpaired) electrons. The molecule has 1 aromatic heterocycles. The Morgan fingerprint density at radius 2 is 2.50 bits per heavy atom. The maximum atomic E-state index is 11.4. The fraction of sp³-hybridized carbons (Fsp3) is 0.556. The molecule has 2 bridgehead atoms. The zero-order valence-electron chi connectivity index (χ0n) is 8.17. The van der Waals surface area contributed by atoms with Gasteiger partial charge in [0.2, 0.25) is 0 Å². The van der Waals surface area contributed by atoms with E-state index in [9.17, 15) is 4.79 Å². The van der Waals surface area contributed by atoms with Gasteiger partial charge in [0.25, 0.3) is 5.56 Å². The van der Waals surface area contributed by atoms with Crippen LogP contribution in [0, 0.1) is 3.57 Å². The molecule has 7 heteroatoms. The van der Waals surface area contributed by atoms with Gasteiger partial charge in [-0.3, -0.25) is 9.36 Å². The van der Waals surface area contributed by atoms with Gasteiger partial charge in [0, 0.05) is 12.6 Å². The molecule has 0 saturated carbocycles. The first kappa shape index (κ1) is 10.5. The summed E-state index contributed by atoms with van der Waals surface area (Å²) in [6.07, 6.45) is 1.62. The van der Waals surface area contributed by atoms with Gasteiger partial charge >= 0.3 is 6.01 Å². The van der Waals surface area contributed by atoms with Crippen molar-refractivity contribution in [3.05, 3.63) is 20.1 Å². The molecule has 3 heterocycles. The number of fused-ring (bicyclic) bond motifs is 4. The van der Waals surface area contributed by atoms with Crippen LogP contribution in [0.2, 0.25) is 0 Å². The number of rotatable bonds is 1. The van der Waals surface area contributed by atoms with Crippen molar-refractivity contribution in [3.8, 4) is 6.01 Å². The number of aliphatic hydroxyl groups is 1. The first-order chi connectivity index (χ1) is 7.69. The zero-order valence-corrected chi connectivity index (χ0v) is 10.3. The Bertz CT molecular complexity index is 489. The maximum Gasteiger partial charge on any atom is 0.302 e. The van der Waals surface area contributed by atoms with Crippen molar-refractivity contribution in [3.63, 3.8) is 0 Å². The van der Waals surface area contributed by atoms with Crippen LogP contribution in [0.25, 0.3) is 0 Å². The van der Waals surface area contributed by atoms with E-state index in [4.69, 9.17) is 14.6 Å². The topological polar surface area (TPSA) is 73.6 Å². The van der Waals surface area contributed by atoms with E-state index in [1.54, 1.807) is 10.8 Å². The summed E-state index contributed by atoms with van der Waals surface area (Å²) in [6, 6.07) is 0.280. The highest BCUT2D eigenvalue weighted by molar-refractivity contribution is 14.1. The molecule has 1 fully saturated rings. The lowest BCUT2D eigenvalue weighted by molar-refractivity contribution is -0.0247. The summed E-state index contributed by atoms with van der Waals surface area (Å²) in [5.74, 6) is 0. The Hall–Kier alpha value is -0.670. The van der Waals surface area contributed by atoms with Gasteiger partial charge in [-0.1, -0.05) is 0 Å². The van der Waals surface area contributed by atoms with E-state index in [0.29, 0.717) is 9.99 Å². The summed E-state index contributed by atoms with van der Waals surface area (Å²) in [7, 11) is 0. The first-order valence-electron chi connectivity index (χ1n) is 4.90. The number of hydrogen-bond donors (Lipinski definition) is 1. The van der Waals surface area contributed by atoms with E-state index in [1.807, 2.05) is 22.6 Å². The molecule has 3 atom stereocenters. The molecule has 1 unspecified atom stereocenters. The Morgan fingerprint density at radius 1 is 1.69 bits per heavy atom. The molecular formula is C9H9IN2O4. The lowest BCUT2D eigenvalue weighted by atomic mass is 10.2. The number of ether oxygens (including phenoxy) is 2. The minimum Gasteiger partial charge on any atom is -0.458 e. The van der Waals surface area contributed by atoms with Gasteiger partial charge in [0.05, 0.1) is 10.2 Å². The Morgan fingerprint density at radius 3 is 3.25 bits per heavy atom. The van der Waals surface area contributed by atoms with E-state index in [-0.39, 0.29) is 36.6 Å². The van der Waals surface area contributed by atoms with Crippen LogP contribution in [0.3, 0.4) is 0 Å². The van der Waals surface area contributed by atoms with E-state index < -0.39 is 0 Å². The number of halogens is 1. The molecule has 0 spiro atoms. The first-order valence-corrected chi connectivity index (χ1v) is 5.98. The Kier molecular flexibility index (Phi) is 2.41. The lowest BCUT2D eigenvalue weighted by Gasteiger charge is -2.23. The summed E-state index contributed by atoms with van der Waals surface area (Å²) < 4.78 is 13.4. The van der Waals surface area contributed by atoms with Crippen LogP contribution >= 0.6 is 22.6 Å². The number of aromatic nitrogens is 2. The normalized spacial score (nSPS) is 31.0. The Labute approximate surface area is 104 Å². The molecule has 2 aliphatic heterocycles. The number of nitrogens with zero attached hydrogens (tertiary/aromatic N) is 2. The third-order valence-electron chi connectivity index (χ3n) is 2.80. The molecule has 16 heavy (non-hydrogen) atoms. The summed E-state index contributed by atoms with van der Waals surface area (Å²) in [5, 5.41) is 9.10. The quantitative estimate of drug-likeness (QED) is 0.725. The highest BCUT2D eigenvalue weighted by Crippen LogP contribution is 2.37. The van der Waals surface area contributed by atoms with Crippen LogP contribution in [-0.2, 0) is 4.74 Å². The van der Waals surface area contributed by atoms with Crippen LogP contribution in [0.5, 0.6) is 6.01 Å². The van der Waals surface area contributed by atoms with Crippen LogP contribution in [0.1, 0.15) is 12.6 Å². The van der Waals surface area contributed by atoms with Crippen molar-refractivity contribution in [2.45, 2.75) is 24.9 Å². The number of aliphatic hydroxyl groups excluding tert-OH is 1. The zero-order chi connectivity index (χ0) is 11.3. The highest BCUT2D eigenvalue weighted by Gasteiger charge is 2.42. The van der Waals surface area contributed by atoms with Crippen LogP contribution < -0.4 is 10.3 Å². The van der Waals surface area contributed by atoms with Crippen LogP contribution in [0.4, 0.5) is 0 Å². The third kappa shape index (κ3) is 1.45. The smallest absolute Gasteiger partial charge is 0.302 e. The highest BCUT2D eigenvalue weighted by atomic mass is 127. The second kappa shape index (κ2) is 3.67. The van der Waals surface area contributed by atoms with E-state index in [0.717, 1.165) is 0 Å².